The normalized spacial score (nSPS) is 10.3. The smallest absolute Gasteiger partial charge is 0.357 e. The fraction of sp³-hybridized carbons (Fsp3) is 0.231. The molecule has 6 nitrogen and oxygen atoms in total. The zero-order valence-electron chi connectivity index (χ0n) is 10.8. The quantitative estimate of drug-likeness (QED) is 0.911. The molecule has 0 aliphatic carbocycles. The summed E-state index contributed by atoms with van der Waals surface area (Å²) in [6.45, 7) is 1.88. The molecule has 1 heterocycles. The molecule has 0 aliphatic heterocycles. The second-order valence-electron chi connectivity index (χ2n) is 3.87. The maximum absolute atomic E-state index is 10.8. The molecule has 1 aromatic carbocycles. The summed E-state index contributed by atoms with van der Waals surface area (Å²) in [6.07, 6.45) is 1.09. The zero-order chi connectivity index (χ0) is 14.0. The van der Waals surface area contributed by atoms with E-state index in [2.05, 4.69) is 4.98 Å². The number of aryl methyl sites for hydroxylation is 1. The Kier molecular flexibility index (Phi) is 3.41. The number of ether oxygens (including phenoxy) is 2. The standard InChI is InChI=1S/C13H13NO5/c1-7-4-11(18-3)8(5-10(7)17-2)12-14-9(6-19-12)13(15)16/h4-6H,1-3H3,(H,15,16). The van der Waals surface area contributed by atoms with Crippen molar-refractivity contribution in [2.45, 2.75) is 6.92 Å². The Balaban J connectivity index is 2.55. The predicted octanol–water partition coefficient (Wildman–Crippen LogP) is 2.37. The molecular weight excluding hydrogens is 250 g/mol. The lowest BCUT2D eigenvalue weighted by atomic mass is 10.1. The zero-order valence-corrected chi connectivity index (χ0v) is 10.8. The highest BCUT2D eigenvalue weighted by molar-refractivity contribution is 5.85. The molecule has 0 unspecified atom stereocenters. The molecule has 1 aromatic heterocycles. The summed E-state index contributed by atoms with van der Waals surface area (Å²) >= 11 is 0. The third kappa shape index (κ3) is 2.37. The number of aromatic carboxylic acids is 1. The van der Waals surface area contributed by atoms with Gasteiger partial charge in [-0.2, -0.15) is 0 Å². The maximum atomic E-state index is 10.8. The van der Waals surface area contributed by atoms with Crippen LogP contribution >= 0.6 is 0 Å². The molecule has 0 atom stereocenters. The topological polar surface area (TPSA) is 81.8 Å². The Morgan fingerprint density at radius 1 is 1.26 bits per heavy atom. The molecule has 0 fully saturated rings. The van der Waals surface area contributed by atoms with Gasteiger partial charge < -0.3 is 19.0 Å². The van der Waals surface area contributed by atoms with E-state index in [1.807, 2.05) is 6.92 Å². The number of rotatable bonds is 4. The van der Waals surface area contributed by atoms with Crippen LogP contribution in [0.25, 0.3) is 11.5 Å². The van der Waals surface area contributed by atoms with E-state index >= 15 is 0 Å². The molecule has 100 valence electrons. The Labute approximate surface area is 109 Å². The molecule has 0 bridgehead atoms. The Bertz CT molecular complexity index is 617. The first kappa shape index (κ1) is 12.9. The fourth-order valence-electron chi connectivity index (χ4n) is 1.71. The minimum absolute atomic E-state index is 0.156. The van der Waals surface area contributed by atoms with Crippen LogP contribution in [0.5, 0.6) is 11.5 Å². The highest BCUT2D eigenvalue weighted by atomic mass is 16.5. The molecule has 0 aliphatic rings. The summed E-state index contributed by atoms with van der Waals surface area (Å²) in [5.74, 6) is 0.212. The van der Waals surface area contributed by atoms with Gasteiger partial charge in [0.1, 0.15) is 17.8 Å². The first-order valence-corrected chi connectivity index (χ1v) is 5.48. The summed E-state index contributed by atoms with van der Waals surface area (Å²) in [6, 6.07) is 3.48. The van der Waals surface area contributed by atoms with Crippen LogP contribution in [0.3, 0.4) is 0 Å². The van der Waals surface area contributed by atoms with E-state index in [-0.39, 0.29) is 11.6 Å². The number of carboxylic acids is 1. The van der Waals surface area contributed by atoms with Gasteiger partial charge in [-0.25, -0.2) is 9.78 Å². The average Bonchev–Trinajstić information content (AvgIpc) is 2.88. The first-order valence-electron chi connectivity index (χ1n) is 5.48. The van der Waals surface area contributed by atoms with E-state index < -0.39 is 5.97 Å². The summed E-state index contributed by atoms with van der Waals surface area (Å²) in [4.78, 5) is 14.7. The summed E-state index contributed by atoms with van der Waals surface area (Å²) in [7, 11) is 3.07. The highest BCUT2D eigenvalue weighted by Gasteiger charge is 2.17. The number of aromatic nitrogens is 1. The lowest BCUT2D eigenvalue weighted by Gasteiger charge is -2.10. The van der Waals surface area contributed by atoms with Crippen LogP contribution < -0.4 is 9.47 Å². The summed E-state index contributed by atoms with van der Waals surface area (Å²) < 4.78 is 15.6. The van der Waals surface area contributed by atoms with Gasteiger partial charge in [0.05, 0.1) is 19.8 Å². The van der Waals surface area contributed by atoms with Crippen molar-refractivity contribution in [2.24, 2.45) is 0 Å². The molecule has 2 aromatic rings. The number of nitrogens with zero attached hydrogens (tertiary/aromatic N) is 1. The maximum Gasteiger partial charge on any atom is 0.357 e. The van der Waals surface area contributed by atoms with E-state index in [1.54, 1.807) is 19.2 Å². The molecule has 0 saturated heterocycles. The third-order valence-corrected chi connectivity index (χ3v) is 2.67. The van der Waals surface area contributed by atoms with Crippen molar-refractivity contribution >= 4 is 5.97 Å². The van der Waals surface area contributed by atoms with Crippen LogP contribution in [0.15, 0.2) is 22.8 Å². The van der Waals surface area contributed by atoms with E-state index in [4.69, 9.17) is 19.0 Å². The van der Waals surface area contributed by atoms with Crippen molar-refractivity contribution in [3.05, 3.63) is 29.7 Å². The monoisotopic (exact) mass is 263 g/mol. The Hall–Kier alpha value is -2.50. The first-order chi connectivity index (χ1) is 9.06. The van der Waals surface area contributed by atoms with Crippen molar-refractivity contribution < 1.29 is 23.8 Å². The number of oxazole rings is 1. The molecule has 2 rings (SSSR count). The van der Waals surface area contributed by atoms with Gasteiger partial charge in [-0.3, -0.25) is 0 Å². The number of methoxy groups -OCH3 is 2. The van der Waals surface area contributed by atoms with Crippen molar-refractivity contribution in [3.8, 4) is 23.0 Å². The minimum Gasteiger partial charge on any atom is -0.496 e. The highest BCUT2D eigenvalue weighted by Crippen LogP contribution is 2.35. The van der Waals surface area contributed by atoms with Crippen LogP contribution in [0.4, 0.5) is 0 Å². The van der Waals surface area contributed by atoms with Gasteiger partial charge in [0.2, 0.25) is 5.89 Å². The minimum atomic E-state index is -1.15. The van der Waals surface area contributed by atoms with Gasteiger partial charge in [0.25, 0.3) is 0 Å². The average molecular weight is 263 g/mol. The molecule has 19 heavy (non-hydrogen) atoms. The van der Waals surface area contributed by atoms with Gasteiger partial charge in [0.15, 0.2) is 5.69 Å². The molecule has 0 amide bonds. The van der Waals surface area contributed by atoms with Gasteiger partial charge >= 0.3 is 5.97 Å². The van der Waals surface area contributed by atoms with Crippen LogP contribution in [0.2, 0.25) is 0 Å². The summed E-state index contributed by atoms with van der Waals surface area (Å²) in [5.41, 5.74) is 1.28. The fourth-order valence-corrected chi connectivity index (χ4v) is 1.71. The number of carboxylic acid groups (broad SMARTS) is 1. The van der Waals surface area contributed by atoms with Gasteiger partial charge in [-0.05, 0) is 24.6 Å². The lowest BCUT2D eigenvalue weighted by Crippen LogP contribution is -1.97. The number of hydrogen-bond acceptors (Lipinski definition) is 5. The van der Waals surface area contributed by atoms with Crippen LogP contribution in [0.1, 0.15) is 16.1 Å². The number of benzene rings is 1. The second kappa shape index (κ2) is 5.01. The van der Waals surface area contributed by atoms with E-state index in [0.29, 0.717) is 17.1 Å². The Morgan fingerprint density at radius 3 is 2.47 bits per heavy atom. The molecular formula is C13H13NO5. The predicted molar refractivity (Wildman–Crippen MR) is 66.7 cm³/mol. The van der Waals surface area contributed by atoms with Crippen LogP contribution in [-0.2, 0) is 0 Å². The largest absolute Gasteiger partial charge is 0.496 e. The van der Waals surface area contributed by atoms with Crippen molar-refractivity contribution in [2.75, 3.05) is 14.2 Å². The second-order valence-corrected chi connectivity index (χ2v) is 3.87. The molecule has 0 saturated carbocycles. The number of hydrogen-bond donors (Lipinski definition) is 1. The third-order valence-electron chi connectivity index (χ3n) is 2.67. The lowest BCUT2D eigenvalue weighted by molar-refractivity contribution is 0.0690. The molecule has 0 spiro atoms. The molecule has 6 heteroatoms. The van der Waals surface area contributed by atoms with Crippen molar-refractivity contribution in [3.63, 3.8) is 0 Å². The SMILES string of the molecule is COc1cc(-c2nc(C(=O)O)co2)c(OC)cc1C. The van der Waals surface area contributed by atoms with Crippen LogP contribution in [-0.4, -0.2) is 30.3 Å². The van der Waals surface area contributed by atoms with Gasteiger partial charge in [-0.15, -0.1) is 0 Å². The number of carbonyl (C=O) groups is 1. The molecule has 1 N–H and O–H groups in total. The van der Waals surface area contributed by atoms with Crippen molar-refractivity contribution in [1.29, 1.82) is 0 Å². The van der Waals surface area contributed by atoms with E-state index in [1.165, 1.54) is 7.11 Å². The van der Waals surface area contributed by atoms with Crippen LogP contribution in [0, 0.1) is 6.92 Å². The Morgan fingerprint density at radius 2 is 1.95 bits per heavy atom. The molecule has 0 radical (unpaired) electrons. The van der Waals surface area contributed by atoms with Crippen molar-refractivity contribution in [1.82, 2.24) is 4.98 Å². The van der Waals surface area contributed by atoms with E-state index in [0.717, 1.165) is 11.8 Å². The van der Waals surface area contributed by atoms with Gasteiger partial charge in [-0.1, -0.05) is 0 Å². The van der Waals surface area contributed by atoms with Gasteiger partial charge in [0, 0.05) is 0 Å². The summed E-state index contributed by atoms with van der Waals surface area (Å²) in [5, 5.41) is 8.84. The van der Waals surface area contributed by atoms with E-state index in [9.17, 15) is 4.79 Å².